The Balaban J connectivity index is 2.62. The van der Waals surface area contributed by atoms with E-state index in [4.69, 9.17) is 5.73 Å². The number of nitrogens with one attached hydrogen (secondary N) is 1. The van der Waals surface area contributed by atoms with Crippen LogP contribution in [0, 0.1) is 5.41 Å². The van der Waals surface area contributed by atoms with Gasteiger partial charge in [0, 0.05) is 12.1 Å². The summed E-state index contributed by atoms with van der Waals surface area (Å²) in [6.07, 6.45) is 0. The van der Waals surface area contributed by atoms with Crippen LogP contribution in [0.3, 0.4) is 0 Å². The minimum absolute atomic E-state index is 0.0353. The van der Waals surface area contributed by atoms with Crippen molar-refractivity contribution in [3.63, 3.8) is 0 Å². The van der Waals surface area contributed by atoms with Gasteiger partial charge in [-0.05, 0) is 35.6 Å². The Morgan fingerprint density at radius 3 is 2.28 bits per heavy atom. The number of carbonyl (C=O) groups is 1. The molecule has 0 heterocycles. The zero-order valence-electron chi connectivity index (χ0n) is 11.8. The maximum absolute atomic E-state index is 11.9. The van der Waals surface area contributed by atoms with Gasteiger partial charge >= 0.3 is 0 Å². The minimum atomic E-state index is -0.0620. The average molecular weight is 248 g/mol. The summed E-state index contributed by atoms with van der Waals surface area (Å²) in [6, 6.07) is 7.77. The summed E-state index contributed by atoms with van der Waals surface area (Å²) in [7, 11) is 0. The highest BCUT2D eigenvalue weighted by Gasteiger charge is 2.17. The highest BCUT2D eigenvalue weighted by atomic mass is 16.1. The Hall–Kier alpha value is -1.35. The predicted octanol–water partition coefficient (Wildman–Crippen LogP) is 2.52. The van der Waals surface area contributed by atoms with Crippen molar-refractivity contribution < 1.29 is 4.79 Å². The zero-order valence-corrected chi connectivity index (χ0v) is 11.8. The van der Waals surface area contributed by atoms with Gasteiger partial charge in [0.1, 0.15) is 0 Å². The third-order valence-electron chi connectivity index (χ3n) is 3.12. The molecular formula is C15H24N2O. The maximum Gasteiger partial charge on any atom is 0.251 e. The highest BCUT2D eigenvalue weighted by Crippen LogP contribution is 2.15. The summed E-state index contributed by atoms with van der Waals surface area (Å²) in [5, 5.41) is 2.92. The van der Waals surface area contributed by atoms with E-state index < -0.39 is 0 Å². The molecular weight excluding hydrogens is 224 g/mol. The van der Waals surface area contributed by atoms with Crippen molar-refractivity contribution in [2.75, 3.05) is 13.1 Å². The van der Waals surface area contributed by atoms with Crippen molar-refractivity contribution in [1.29, 1.82) is 0 Å². The Morgan fingerprint density at radius 2 is 1.83 bits per heavy atom. The Labute approximate surface area is 110 Å². The first kappa shape index (κ1) is 14.7. The first-order chi connectivity index (χ1) is 8.35. The number of carbonyl (C=O) groups excluding carboxylic acids is 1. The molecule has 1 amide bonds. The van der Waals surface area contributed by atoms with Crippen molar-refractivity contribution in [3.05, 3.63) is 35.4 Å². The van der Waals surface area contributed by atoms with Crippen LogP contribution in [-0.2, 0) is 0 Å². The Morgan fingerprint density at radius 1 is 1.28 bits per heavy atom. The van der Waals surface area contributed by atoms with E-state index in [0.29, 0.717) is 24.6 Å². The van der Waals surface area contributed by atoms with Crippen LogP contribution in [0.1, 0.15) is 49.5 Å². The van der Waals surface area contributed by atoms with Crippen molar-refractivity contribution >= 4 is 5.91 Å². The first-order valence-electron chi connectivity index (χ1n) is 6.44. The van der Waals surface area contributed by atoms with Crippen LogP contribution >= 0.6 is 0 Å². The summed E-state index contributed by atoms with van der Waals surface area (Å²) >= 11 is 0. The molecule has 1 rings (SSSR count). The fourth-order valence-corrected chi connectivity index (χ4v) is 1.51. The number of nitrogens with two attached hydrogens (primary N) is 1. The van der Waals surface area contributed by atoms with Gasteiger partial charge in [-0.2, -0.15) is 0 Å². The second-order valence-corrected chi connectivity index (χ2v) is 5.83. The van der Waals surface area contributed by atoms with Crippen LogP contribution in [0.25, 0.3) is 0 Å². The van der Waals surface area contributed by atoms with E-state index in [9.17, 15) is 4.79 Å². The van der Waals surface area contributed by atoms with E-state index in [-0.39, 0.29) is 11.3 Å². The molecule has 100 valence electrons. The minimum Gasteiger partial charge on any atom is -0.351 e. The van der Waals surface area contributed by atoms with Crippen molar-refractivity contribution in [2.45, 2.75) is 33.6 Å². The molecule has 0 aromatic heterocycles. The highest BCUT2D eigenvalue weighted by molar-refractivity contribution is 5.94. The number of benzene rings is 1. The Kier molecular flexibility index (Phi) is 4.91. The van der Waals surface area contributed by atoms with Gasteiger partial charge in [-0.15, -0.1) is 0 Å². The molecule has 0 saturated carbocycles. The number of hydrogen-bond acceptors (Lipinski definition) is 2. The molecule has 3 heteroatoms. The van der Waals surface area contributed by atoms with E-state index >= 15 is 0 Å². The monoisotopic (exact) mass is 248 g/mol. The number of hydrogen-bond donors (Lipinski definition) is 2. The van der Waals surface area contributed by atoms with Crippen LogP contribution in [0.4, 0.5) is 0 Å². The average Bonchev–Trinajstić information content (AvgIpc) is 2.36. The molecule has 0 atom stereocenters. The fourth-order valence-electron chi connectivity index (χ4n) is 1.51. The van der Waals surface area contributed by atoms with Crippen LogP contribution in [-0.4, -0.2) is 19.0 Å². The second-order valence-electron chi connectivity index (χ2n) is 5.83. The van der Waals surface area contributed by atoms with Gasteiger partial charge < -0.3 is 11.1 Å². The first-order valence-corrected chi connectivity index (χ1v) is 6.44. The molecule has 0 saturated heterocycles. The van der Waals surface area contributed by atoms with E-state index in [0.717, 1.165) is 0 Å². The second kappa shape index (κ2) is 6.01. The lowest BCUT2D eigenvalue weighted by Gasteiger charge is -2.22. The SMILES string of the molecule is CC(C)c1ccc(C(=O)NCC(C)(C)CN)cc1. The molecule has 0 unspecified atom stereocenters. The molecule has 0 aliphatic carbocycles. The van der Waals surface area contributed by atoms with E-state index in [1.54, 1.807) is 0 Å². The Bertz CT molecular complexity index is 393. The fraction of sp³-hybridized carbons (Fsp3) is 0.533. The maximum atomic E-state index is 11.9. The van der Waals surface area contributed by atoms with E-state index in [1.807, 2.05) is 38.1 Å². The van der Waals surface area contributed by atoms with Crippen molar-refractivity contribution in [3.8, 4) is 0 Å². The van der Waals surface area contributed by atoms with Gasteiger partial charge in [0.25, 0.3) is 5.91 Å². The smallest absolute Gasteiger partial charge is 0.251 e. The molecule has 0 fully saturated rings. The van der Waals surface area contributed by atoms with Gasteiger partial charge in [-0.1, -0.05) is 39.8 Å². The molecule has 1 aromatic carbocycles. The zero-order chi connectivity index (χ0) is 13.8. The summed E-state index contributed by atoms with van der Waals surface area (Å²) < 4.78 is 0. The summed E-state index contributed by atoms with van der Waals surface area (Å²) in [6.45, 7) is 9.50. The molecule has 0 radical (unpaired) electrons. The van der Waals surface area contributed by atoms with Gasteiger partial charge in [-0.25, -0.2) is 0 Å². The molecule has 18 heavy (non-hydrogen) atoms. The third-order valence-corrected chi connectivity index (χ3v) is 3.12. The third kappa shape index (κ3) is 4.15. The molecule has 1 aromatic rings. The molecule has 0 bridgehead atoms. The topological polar surface area (TPSA) is 55.1 Å². The van der Waals surface area contributed by atoms with Gasteiger partial charge in [0.05, 0.1) is 0 Å². The van der Waals surface area contributed by atoms with Gasteiger partial charge in [-0.3, -0.25) is 4.79 Å². The van der Waals surface area contributed by atoms with Gasteiger partial charge in [0.15, 0.2) is 0 Å². The molecule has 0 spiro atoms. The summed E-state index contributed by atoms with van der Waals surface area (Å²) in [4.78, 5) is 11.9. The lowest BCUT2D eigenvalue weighted by molar-refractivity contribution is 0.0938. The van der Waals surface area contributed by atoms with Crippen molar-refractivity contribution in [2.24, 2.45) is 11.1 Å². The van der Waals surface area contributed by atoms with E-state index in [2.05, 4.69) is 19.2 Å². The predicted molar refractivity (Wildman–Crippen MR) is 75.7 cm³/mol. The number of amides is 1. The quantitative estimate of drug-likeness (QED) is 0.841. The van der Waals surface area contributed by atoms with Crippen LogP contribution in [0.15, 0.2) is 24.3 Å². The molecule has 3 nitrogen and oxygen atoms in total. The molecule has 0 aliphatic rings. The van der Waals surface area contributed by atoms with Gasteiger partial charge in [0.2, 0.25) is 0 Å². The normalized spacial score (nSPS) is 11.7. The largest absolute Gasteiger partial charge is 0.351 e. The van der Waals surface area contributed by atoms with Crippen LogP contribution < -0.4 is 11.1 Å². The van der Waals surface area contributed by atoms with Crippen molar-refractivity contribution in [1.82, 2.24) is 5.32 Å². The number of rotatable bonds is 5. The van der Waals surface area contributed by atoms with Crippen LogP contribution in [0.2, 0.25) is 0 Å². The van der Waals surface area contributed by atoms with E-state index in [1.165, 1.54) is 5.56 Å². The molecule has 3 N–H and O–H groups in total. The lowest BCUT2D eigenvalue weighted by Crippen LogP contribution is -2.38. The van der Waals surface area contributed by atoms with Crippen LogP contribution in [0.5, 0.6) is 0 Å². The summed E-state index contributed by atoms with van der Waals surface area (Å²) in [5.41, 5.74) is 7.52. The molecule has 0 aliphatic heterocycles. The standard InChI is InChI=1S/C15H24N2O/c1-11(2)12-5-7-13(8-6-12)14(18)17-10-15(3,4)9-16/h5-8,11H,9-10,16H2,1-4H3,(H,17,18). The summed E-state index contributed by atoms with van der Waals surface area (Å²) in [5.74, 6) is 0.449. The lowest BCUT2D eigenvalue weighted by atomic mass is 9.94.